The molecule has 0 saturated carbocycles. The first-order valence-corrected chi connectivity index (χ1v) is 11.9. The fraction of sp³-hybridized carbons (Fsp3) is 0.519. The van der Waals surface area contributed by atoms with Crippen LogP contribution in [0.4, 0.5) is 0 Å². The number of piperidine rings is 1. The molecule has 2 aromatic carbocycles. The summed E-state index contributed by atoms with van der Waals surface area (Å²) >= 11 is 0. The van der Waals surface area contributed by atoms with Gasteiger partial charge in [-0.3, -0.25) is 4.79 Å². The van der Waals surface area contributed by atoms with Crippen LogP contribution in [-0.2, 0) is 9.53 Å². The van der Waals surface area contributed by atoms with Crippen LogP contribution in [0.5, 0.6) is 5.75 Å². The van der Waals surface area contributed by atoms with Crippen molar-refractivity contribution in [3.05, 3.63) is 65.7 Å². The van der Waals surface area contributed by atoms with Gasteiger partial charge < -0.3 is 19.5 Å². The van der Waals surface area contributed by atoms with Gasteiger partial charge in [0.1, 0.15) is 11.9 Å². The number of ether oxygens (including phenoxy) is 2. The van der Waals surface area contributed by atoms with Crippen LogP contribution in [0.1, 0.15) is 68.6 Å². The van der Waals surface area contributed by atoms with Crippen molar-refractivity contribution in [2.24, 2.45) is 0 Å². The van der Waals surface area contributed by atoms with E-state index in [1.165, 1.54) is 18.4 Å². The number of benzene rings is 2. The average Bonchev–Trinajstić information content (AvgIpc) is 2.83. The first kappa shape index (κ1) is 27.2. The summed E-state index contributed by atoms with van der Waals surface area (Å²) in [6.45, 7) is 3.29. The Balaban J connectivity index is 0.00000385. The Kier molecular flexibility index (Phi) is 12.3. The van der Waals surface area contributed by atoms with E-state index in [0.29, 0.717) is 6.42 Å². The van der Waals surface area contributed by atoms with E-state index in [1.54, 1.807) is 7.11 Å². The Labute approximate surface area is 204 Å². The van der Waals surface area contributed by atoms with Gasteiger partial charge in [-0.15, -0.1) is 12.4 Å². The van der Waals surface area contributed by atoms with Crippen molar-refractivity contribution >= 4 is 18.4 Å². The molecule has 1 heterocycles. The second-order valence-electron chi connectivity index (χ2n) is 8.65. The number of methoxy groups -OCH3 is 1. The first-order valence-electron chi connectivity index (χ1n) is 11.9. The van der Waals surface area contributed by atoms with Crippen LogP contribution < -0.4 is 4.74 Å². The number of halogens is 1. The zero-order chi connectivity index (χ0) is 22.6. The van der Waals surface area contributed by atoms with Crippen molar-refractivity contribution in [3.63, 3.8) is 0 Å². The summed E-state index contributed by atoms with van der Waals surface area (Å²) in [5.74, 6) is 0.173. The van der Waals surface area contributed by atoms with E-state index in [-0.39, 0.29) is 24.6 Å². The van der Waals surface area contributed by atoms with E-state index in [0.717, 1.165) is 63.1 Å². The molecule has 1 N–H and O–H groups in total. The molecule has 5 nitrogen and oxygen atoms in total. The highest BCUT2D eigenvalue weighted by Gasteiger charge is 2.24. The molecule has 0 amide bonds. The largest absolute Gasteiger partial charge is 0.497 e. The Morgan fingerprint density at radius 3 is 2.18 bits per heavy atom. The molecule has 182 valence electrons. The van der Waals surface area contributed by atoms with Gasteiger partial charge >= 0.3 is 5.97 Å². The third-order valence-corrected chi connectivity index (χ3v) is 6.25. The van der Waals surface area contributed by atoms with Crippen LogP contribution >= 0.6 is 12.4 Å². The molecule has 1 atom stereocenters. The molecule has 0 aliphatic carbocycles. The minimum atomic E-state index is -0.684. The molecule has 0 radical (unpaired) electrons. The van der Waals surface area contributed by atoms with Gasteiger partial charge in [0.05, 0.1) is 13.2 Å². The zero-order valence-corrected chi connectivity index (χ0v) is 20.5. The third kappa shape index (κ3) is 9.36. The number of nitrogens with zero attached hydrogens (tertiary/aromatic N) is 1. The van der Waals surface area contributed by atoms with Crippen molar-refractivity contribution in [2.75, 3.05) is 26.7 Å². The number of carbonyl (C=O) groups is 1. The van der Waals surface area contributed by atoms with Gasteiger partial charge in [0, 0.05) is 19.5 Å². The lowest BCUT2D eigenvalue weighted by Crippen LogP contribution is -2.38. The van der Waals surface area contributed by atoms with E-state index in [2.05, 4.69) is 41.3 Å². The second-order valence-corrected chi connectivity index (χ2v) is 8.65. The molecule has 0 bridgehead atoms. The lowest BCUT2D eigenvalue weighted by atomic mass is 9.99. The van der Waals surface area contributed by atoms with Gasteiger partial charge in [-0.05, 0) is 55.5 Å². The predicted octanol–water partition coefficient (Wildman–Crippen LogP) is 6.11. The molecule has 1 fully saturated rings. The van der Waals surface area contributed by atoms with Crippen LogP contribution in [-0.4, -0.2) is 48.8 Å². The van der Waals surface area contributed by atoms with E-state index in [1.807, 2.05) is 18.2 Å². The smallest absolute Gasteiger partial charge is 0.303 e. The van der Waals surface area contributed by atoms with Crippen molar-refractivity contribution in [2.45, 2.75) is 63.6 Å². The number of carboxylic acids is 1. The molecule has 0 spiro atoms. The second kappa shape index (κ2) is 14.9. The predicted molar refractivity (Wildman–Crippen MR) is 134 cm³/mol. The highest BCUT2D eigenvalue weighted by Crippen LogP contribution is 2.31. The highest BCUT2D eigenvalue weighted by atomic mass is 35.5. The molecule has 2 aromatic rings. The summed E-state index contributed by atoms with van der Waals surface area (Å²) in [7, 11) is 1.69. The molecule has 1 aliphatic rings. The molecule has 1 aliphatic heterocycles. The molecule has 33 heavy (non-hydrogen) atoms. The van der Waals surface area contributed by atoms with Gasteiger partial charge in [-0.1, -0.05) is 61.7 Å². The molecular weight excluding hydrogens is 438 g/mol. The lowest BCUT2D eigenvalue weighted by Gasteiger charge is -2.34. The molecule has 0 aromatic heterocycles. The maximum atomic E-state index is 10.6. The van der Waals surface area contributed by atoms with Crippen molar-refractivity contribution < 1.29 is 19.4 Å². The summed E-state index contributed by atoms with van der Waals surface area (Å²) < 4.78 is 12.0. The van der Waals surface area contributed by atoms with Crippen molar-refractivity contribution in [1.29, 1.82) is 0 Å². The van der Waals surface area contributed by atoms with E-state index >= 15 is 0 Å². The molecule has 3 rings (SSSR count). The first-order chi connectivity index (χ1) is 15.7. The maximum Gasteiger partial charge on any atom is 0.303 e. The Morgan fingerprint density at radius 1 is 0.939 bits per heavy atom. The lowest BCUT2D eigenvalue weighted by molar-refractivity contribution is -0.137. The van der Waals surface area contributed by atoms with Crippen LogP contribution in [0.15, 0.2) is 54.6 Å². The number of rotatable bonds is 13. The number of hydrogen-bond acceptors (Lipinski definition) is 4. The number of carboxylic acid groups (broad SMARTS) is 1. The number of hydrogen-bond donors (Lipinski definition) is 1. The maximum absolute atomic E-state index is 10.6. The van der Waals surface area contributed by atoms with Gasteiger partial charge in [0.25, 0.3) is 0 Å². The van der Waals surface area contributed by atoms with Gasteiger partial charge in [0.15, 0.2) is 0 Å². The normalized spacial score (nSPS) is 15.5. The van der Waals surface area contributed by atoms with E-state index < -0.39 is 5.97 Å². The zero-order valence-electron chi connectivity index (χ0n) is 19.7. The van der Waals surface area contributed by atoms with Gasteiger partial charge in [0.2, 0.25) is 0 Å². The summed E-state index contributed by atoms with van der Waals surface area (Å²) in [6.07, 6.45) is 7.93. The fourth-order valence-electron chi connectivity index (χ4n) is 4.36. The number of unbranched alkanes of at least 4 members (excludes halogenated alkanes) is 4. The van der Waals surface area contributed by atoms with Gasteiger partial charge in [-0.25, -0.2) is 0 Å². The summed E-state index contributed by atoms with van der Waals surface area (Å²) in [4.78, 5) is 13.1. The average molecular weight is 476 g/mol. The molecular formula is C27H38ClNO4. The minimum absolute atomic E-state index is 0. The van der Waals surface area contributed by atoms with Crippen molar-refractivity contribution in [1.82, 2.24) is 4.90 Å². The third-order valence-electron chi connectivity index (χ3n) is 6.25. The number of aliphatic carboxylic acids is 1. The van der Waals surface area contributed by atoms with Crippen LogP contribution in [0, 0.1) is 0 Å². The van der Waals surface area contributed by atoms with Crippen LogP contribution in [0.3, 0.4) is 0 Å². The minimum Gasteiger partial charge on any atom is -0.497 e. The monoisotopic (exact) mass is 475 g/mol. The Bertz CT molecular complexity index is 792. The van der Waals surface area contributed by atoms with Gasteiger partial charge in [-0.2, -0.15) is 0 Å². The topological polar surface area (TPSA) is 59.0 Å². The summed E-state index contributed by atoms with van der Waals surface area (Å²) in [5, 5.41) is 8.69. The quantitative estimate of drug-likeness (QED) is 0.354. The standard InChI is InChI=1S/C27H37NO4.ClH/c1-31-24-15-13-23(14-16-24)27(22-10-6-5-7-11-22)32-25-17-20-28(21-18-25)19-9-4-2-3-8-12-26(29)30;/h5-7,10-11,13-16,25,27H,2-4,8-9,12,17-21H2,1H3,(H,29,30);1H. The Morgan fingerprint density at radius 2 is 1.55 bits per heavy atom. The van der Waals surface area contributed by atoms with Crippen molar-refractivity contribution in [3.8, 4) is 5.75 Å². The van der Waals surface area contributed by atoms with E-state index in [4.69, 9.17) is 14.6 Å². The highest BCUT2D eigenvalue weighted by molar-refractivity contribution is 5.85. The Hall–Kier alpha value is -2.08. The molecule has 6 heteroatoms. The SMILES string of the molecule is COc1ccc(C(OC2CCN(CCCCCCCC(=O)O)CC2)c2ccccc2)cc1.Cl. The summed E-state index contributed by atoms with van der Waals surface area (Å²) in [5.41, 5.74) is 2.34. The molecule has 1 saturated heterocycles. The number of likely N-dealkylation sites (tertiary alicyclic amines) is 1. The fourth-order valence-corrected chi connectivity index (χ4v) is 4.36. The van der Waals surface area contributed by atoms with Crippen LogP contribution in [0.25, 0.3) is 0 Å². The van der Waals surface area contributed by atoms with Crippen LogP contribution in [0.2, 0.25) is 0 Å². The van der Waals surface area contributed by atoms with E-state index in [9.17, 15) is 4.79 Å². The molecule has 1 unspecified atom stereocenters. The summed E-state index contributed by atoms with van der Waals surface area (Å²) in [6, 6.07) is 18.7.